The number of urea groups is 4. The summed E-state index contributed by atoms with van der Waals surface area (Å²) in [6, 6.07) is 14.8. The third-order valence-corrected chi connectivity index (χ3v) is 26.1. The third-order valence-electron chi connectivity index (χ3n) is 21.1. The minimum absolute atomic E-state index is 0.0403. The van der Waals surface area contributed by atoms with Crippen LogP contribution < -0.4 is 45.5 Å². The van der Waals surface area contributed by atoms with E-state index in [9.17, 15) is 72.0 Å². The fourth-order valence-electron chi connectivity index (χ4n) is 14.9. The van der Waals surface area contributed by atoms with E-state index in [0.717, 1.165) is 160 Å². The smallest absolute Gasteiger partial charge is 0.333 e. The van der Waals surface area contributed by atoms with Crippen LogP contribution in [0.2, 0.25) is 5.02 Å². The van der Waals surface area contributed by atoms with Crippen molar-refractivity contribution in [1.82, 2.24) is 78.0 Å². The molecular formula is C81H109ClN20O16S4. The number of anilines is 4. The Morgan fingerprint density at radius 3 is 0.918 bits per heavy atom. The largest absolute Gasteiger partial charge is 0.354 e. The molecule has 4 heterocycles. The maximum atomic E-state index is 12.8. The number of nitrogens with one attached hydrogen (secondary N) is 9. The number of para-hydroxylation sites is 1. The Morgan fingerprint density at radius 2 is 0.648 bits per heavy atom. The minimum Gasteiger partial charge on any atom is -0.354 e. The van der Waals surface area contributed by atoms with E-state index in [1.807, 2.05) is 102 Å². The van der Waals surface area contributed by atoms with Crippen molar-refractivity contribution in [2.45, 2.75) is 190 Å². The highest BCUT2D eigenvalue weighted by Gasteiger charge is 2.34. The van der Waals surface area contributed by atoms with Gasteiger partial charge in [0.2, 0.25) is 0 Å². The lowest BCUT2D eigenvalue weighted by Gasteiger charge is -2.21. The van der Waals surface area contributed by atoms with E-state index in [2.05, 4.69) is 63.8 Å². The summed E-state index contributed by atoms with van der Waals surface area (Å²) in [4.78, 5) is 103. The molecule has 0 aliphatic heterocycles. The van der Waals surface area contributed by atoms with Gasteiger partial charge in [-0.2, -0.15) is 54.1 Å². The van der Waals surface area contributed by atoms with Gasteiger partial charge in [0.1, 0.15) is 22.8 Å². The van der Waals surface area contributed by atoms with E-state index in [-0.39, 0.29) is 57.4 Å². The van der Waals surface area contributed by atoms with Crippen LogP contribution in [0.15, 0.2) is 86.8 Å². The van der Waals surface area contributed by atoms with E-state index >= 15 is 0 Å². The lowest BCUT2D eigenvalue weighted by Crippen LogP contribution is -2.35. The molecule has 0 saturated carbocycles. The second kappa shape index (κ2) is 38.9. The number of carbonyl (C=O) groups is 8. The molecule has 0 saturated heterocycles. The van der Waals surface area contributed by atoms with Gasteiger partial charge in [0.25, 0.3) is 63.7 Å². The Hall–Kier alpha value is -11.2. The molecule has 12 amide bonds. The van der Waals surface area contributed by atoms with Crippen molar-refractivity contribution in [2.24, 2.45) is 28.2 Å². The molecule has 122 heavy (non-hydrogen) atoms. The van der Waals surface area contributed by atoms with Gasteiger partial charge in [-0.05, 0) is 193 Å². The maximum Gasteiger partial charge on any atom is 0.333 e. The van der Waals surface area contributed by atoms with Crippen LogP contribution in [0.3, 0.4) is 0 Å². The molecule has 36 nitrogen and oxygen atoms in total. The molecule has 0 spiro atoms. The molecule has 4 aromatic carbocycles. The fourth-order valence-corrected chi connectivity index (χ4v) is 18.8. The molecule has 12 rings (SSSR count). The monoisotopic (exact) mass is 1780 g/mol. The summed E-state index contributed by atoms with van der Waals surface area (Å²) in [5.41, 5.74) is 15.8. The Balaban J connectivity index is 0.000000185. The highest BCUT2D eigenvalue weighted by atomic mass is 35.5. The number of fused-ring (bicyclic) bond motifs is 4. The molecule has 0 atom stereocenters. The van der Waals surface area contributed by atoms with Crippen LogP contribution in [0.1, 0.15) is 227 Å². The Kier molecular flexibility index (Phi) is 30.2. The van der Waals surface area contributed by atoms with Gasteiger partial charge in [-0.3, -0.25) is 37.9 Å². The van der Waals surface area contributed by atoms with Gasteiger partial charge in [-0.1, -0.05) is 97.3 Å². The minimum atomic E-state index is -4.31. The highest BCUT2D eigenvalue weighted by Crippen LogP contribution is 2.42. The van der Waals surface area contributed by atoms with Gasteiger partial charge in [0.05, 0.1) is 0 Å². The Labute approximate surface area is 717 Å². The summed E-state index contributed by atoms with van der Waals surface area (Å²) in [5.74, 6) is -1.25. The Bertz CT molecular complexity index is 5760. The van der Waals surface area contributed by atoms with Crippen molar-refractivity contribution in [2.75, 3.05) is 69.6 Å². The van der Waals surface area contributed by atoms with Crippen molar-refractivity contribution in [3.63, 3.8) is 0 Å². The number of nitrogens with zero attached hydrogens (tertiary/aromatic N) is 11. The molecule has 8 aromatic rings. The number of hydrogen-bond acceptors (Lipinski definition) is 20. The van der Waals surface area contributed by atoms with E-state index in [1.54, 1.807) is 45.2 Å². The molecule has 4 aliphatic carbocycles. The highest BCUT2D eigenvalue weighted by molar-refractivity contribution is 7.90. The van der Waals surface area contributed by atoms with Crippen LogP contribution in [-0.4, -0.2) is 184 Å². The summed E-state index contributed by atoms with van der Waals surface area (Å²) in [7, 11) is -3.55. The van der Waals surface area contributed by atoms with Crippen LogP contribution in [-0.2, 0) is 120 Å². The number of halogens is 1. The number of carbonyl (C=O) groups excluding carboxylic acids is 8. The number of sulfonamides is 4. The van der Waals surface area contributed by atoms with Gasteiger partial charge < -0.3 is 41.3 Å². The topological polar surface area (TPSA) is 462 Å². The number of aryl methyl sites for hydroxylation is 8. The summed E-state index contributed by atoms with van der Waals surface area (Å²) in [6.07, 6.45) is 11.6. The van der Waals surface area contributed by atoms with Gasteiger partial charge >= 0.3 is 24.1 Å². The lowest BCUT2D eigenvalue weighted by molar-refractivity contribution is 0.0759. The van der Waals surface area contributed by atoms with E-state index in [4.69, 9.17) is 11.6 Å². The number of rotatable bonds is 22. The van der Waals surface area contributed by atoms with Crippen molar-refractivity contribution < 1.29 is 72.0 Å². The maximum absolute atomic E-state index is 12.8. The first kappa shape index (κ1) is 94.6. The van der Waals surface area contributed by atoms with Gasteiger partial charge in [0.15, 0.2) is 20.1 Å². The number of aromatic nitrogens is 8. The number of amides is 12. The zero-order valence-corrected chi connectivity index (χ0v) is 76.0. The lowest BCUT2D eigenvalue weighted by atomic mass is 9.92. The van der Waals surface area contributed by atoms with Gasteiger partial charge in [-0.25, -0.2) is 38.1 Å². The predicted octanol–water partition coefficient (Wildman–Crippen LogP) is 10.1. The SMILES string of the molecule is CC(C)c1cc(Cl)cc(C(C)C)c1NC(=O)NS(=O)(=O)c1cc(C(=O)N(C)C)n(C)n1.CC(C)c1cccc(C(C)C)c1NC(=O)NS(=O)(=O)c1cc(C(=O)N(C)C)n(C)n1.CCN(CC)C(=O)c1cc(S(=O)(=O)NC(=O)Nc2c3c(cc4c2CCC4)CCC3)nn1C.CNC(=O)c1cc(S(=O)(=O)NC(=O)Nc2c3c(cc4c2CCC4)CCC3)nn1C. The molecule has 4 aromatic heterocycles. The first-order valence-corrected chi connectivity index (χ1v) is 46.2. The standard InChI is InChI=1S/C22H29N5O4S.C20H28ClN5O4S.C20H29N5O4S.C19H23N5O4S/c1-4-27(5-2)21(28)18-13-19(24-26(18)3)32(30,31)25-22(29)23-20-16-10-6-8-14(16)12-15-9-7-11-17(15)20;1-11(2)14-8-13(21)9-15(12(3)4)18(14)22-20(28)24-31(29,30)17-10-16(26(7)23-17)19(27)25(5)6;1-12(2)14-9-8-10-15(13(3)4)18(14)21-20(27)23-30(28,29)17-11-16(25(7)22-17)19(26)24(5)6;1-20-18(25)15-10-16(22-24(15)2)29(27,28)23-19(26)21-17-13-7-3-5-11(13)9-12-6-4-8-14(12)17/h12-13H,4-11H2,1-3H3,(H2,23,25,29);8-12H,1-7H3,(H2,22,24,28);8-13H,1-7H3,(H2,21,23,27);9-10H,3-8H2,1-2H3,(H,20,25)(H2,21,23,26). The first-order chi connectivity index (χ1) is 57.1. The summed E-state index contributed by atoms with van der Waals surface area (Å²) in [6.45, 7) is 20.5. The second-order valence-electron chi connectivity index (χ2n) is 31.5. The molecule has 0 unspecified atom stereocenters. The summed E-state index contributed by atoms with van der Waals surface area (Å²) >= 11 is 6.23. The van der Waals surface area contributed by atoms with Crippen LogP contribution in [0.4, 0.5) is 41.9 Å². The molecule has 9 N–H and O–H groups in total. The number of hydrogen-bond donors (Lipinski definition) is 9. The number of benzene rings is 4. The average Bonchev–Trinajstić information content (AvgIpc) is 1.55. The van der Waals surface area contributed by atoms with Gasteiger partial charge in [0, 0.05) is 129 Å². The van der Waals surface area contributed by atoms with Crippen molar-refractivity contribution in [1.29, 1.82) is 0 Å². The van der Waals surface area contributed by atoms with Crippen molar-refractivity contribution in [3.05, 3.63) is 161 Å². The molecular weight excluding hydrogens is 1670 g/mol. The van der Waals surface area contributed by atoms with Gasteiger partial charge in [-0.15, -0.1) is 0 Å². The summed E-state index contributed by atoms with van der Waals surface area (Å²) < 4.78 is 114. The fraction of sp³-hybridized carbons (Fsp3) is 0.457. The van der Waals surface area contributed by atoms with Crippen LogP contribution in [0.5, 0.6) is 0 Å². The van der Waals surface area contributed by atoms with Crippen molar-refractivity contribution in [3.8, 4) is 0 Å². The molecule has 0 bridgehead atoms. The molecule has 4 aliphatic rings. The second-order valence-corrected chi connectivity index (χ2v) is 38.5. The average molecular weight is 1780 g/mol. The van der Waals surface area contributed by atoms with Crippen molar-refractivity contribution >= 4 is 122 Å². The van der Waals surface area contributed by atoms with E-state index in [1.165, 1.54) is 82.7 Å². The zero-order valence-electron chi connectivity index (χ0n) is 72.0. The van der Waals surface area contributed by atoms with Crippen LogP contribution in [0, 0.1) is 0 Å². The zero-order chi connectivity index (χ0) is 90.3. The molecule has 0 fully saturated rings. The quantitative estimate of drug-likeness (QED) is 0.0304. The summed E-state index contributed by atoms with van der Waals surface area (Å²) in [5, 5.41) is 27.9. The molecule has 660 valence electrons. The third kappa shape index (κ3) is 21.8. The predicted molar refractivity (Wildman–Crippen MR) is 462 cm³/mol. The Morgan fingerprint density at radius 1 is 0.385 bits per heavy atom. The van der Waals surface area contributed by atoms with E-state index in [0.29, 0.717) is 29.5 Å². The molecule has 0 radical (unpaired) electrons. The van der Waals surface area contributed by atoms with Crippen LogP contribution in [0.25, 0.3) is 0 Å². The first-order valence-electron chi connectivity index (χ1n) is 39.9. The normalized spacial score (nSPS) is 13.2. The molecule has 41 heteroatoms. The van der Waals surface area contributed by atoms with E-state index < -0.39 is 97.0 Å². The van der Waals surface area contributed by atoms with Crippen LogP contribution >= 0.6 is 11.6 Å².